The highest BCUT2D eigenvalue weighted by Crippen LogP contribution is 2.38. The summed E-state index contributed by atoms with van der Waals surface area (Å²) in [6.45, 7) is 4.14. The number of aliphatic hydroxyl groups is 3. The Hall–Kier alpha value is -3.19. The number of aliphatic hydroxyl groups excluding tert-OH is 2. The summed E-state index contributed by atoms with van der Waals surface area (Å²) in [4.78, 5) is 8.67. The van der Waals surface area contributed by atoms with Gasteiger partial charge in [0.25, 0.3) is 0 Å². The van der Waals surface area contributed by atoms with E-state index in [0.29, 0.717) is 53.8 Å². The van der Waals surface area contributed by atoms with Gasteiger partial charge in [-0.05, 0) is 42.8 Å². The maximum Gasteiger partial charge on any atom is 0.121 e. The Balaban J connectivity index is 1.59. The Morgan fingerprint density at radius 2 is 1.92 bits per heavy atom. The number of β-amino-alcohol motifs (C(OH)–C–C–N with tert-alkyl or cyclic N) is 1. The van der Waals surface area contributed by atoms with E-state index < -0.39 is 5.60 Å². The van der Waals surface area contributed by atoms with Crippen LogP contribution in [0.25, 0.3) is 0 Å². The van der Waals surface area contributed by atoms with Gasteiger partial charge in [-0.3, -0.25) is 9.88 Å². The number of aromatic nitrogens is 1. The molecule has 0 saturated carbocycles. The van der Waals surface area contributed by atoms with Crippen LogP contribution in [0, 0.1) is 11.3 Å². The fourth-order valence-electron chi connectivity index (χ4n) is 4.67. The number of anilines is 1. The van der Waals surface area contributed by atoms with Gasteiger partial charge in [0.05, 0.1) is 47.3 Å². The zero-order valence-electron chi connectivity index (χ0n) is 20.7. The lowest BCUT2D eigenvalue weighted by Crippen LogP contribution is -2.52. The topological polar surface area (TPSA) is 113 Å². The molecule has 3 N–H and O–H groups in total. The number of benzene rings is 2. The lowest BCUT2D eigenvalue weighted by molar-refractivity contribution is 0.00997. The van der Waals surface area contributed by atoms with Crippen LogP contribution in [0.4, 0.5) is 5.69 Å². The van der Waals surface area contributed by atoms with Gasteiger partial charge in [-0.15, -0.1) is 0 Å². The van der Waals surface area contributed by atoms with E-state index in [-0.39, 0.29) is 25.9 Å². The van der Waals surface area contributed by atoms with Crippen LogP contribution >= 0.6 is 11.6 Å². The van der Waals surface area contributed by atoms with Crippen molar-refractivity contribution >= 4 is 17.3 Å². The van der Waals surface area contributed by atoms with Gasteiger partial charge in [-0.25, -0.2) is 0 Å². The molecule has 3 aromatic rings. The minimum Gasteiger partial charge on any atom is -0.491 e. The highest BCUT2D eigenvalue weighted by Gasteiger charge is 2.34. The molecule has 1 aliphatic heterocycles. The first kappa shape index (κ1) is 26.9. The molecule has 0 amide bonds. The second-order valence-corrected chi connectivity index (χ2v) is 9.74. The third-order valence-corrected chi connectivity index (χ3v) is 6.92. The molecule has 8 nitrogen and oxygen atoms in total. The summed E-state index contributed by atoms with van der Waals surface area (Å²) in [5, 5.41) is 39.4. The van der Waals surface area contributed by atoms with E-state index in [4.69, 9.17) is 21.4 Å². The molecule has 194 valence electrons. The third kappa shape index (κ3) is 6.39. The first-order chi connectivity index (χ1) is 17.8. The van der Waals surface area contributed by atoms with Gasteiger partial charge in [-0.1, -0.05) is 29.8 Å². The molecule has 1 aromatic heterocycles. The number of halogens is 1. The Labute approximate surface area is 221 Å². The molecule has 1 fully saturated rings. The van der Waals surface area contributed by atoms with Gasteiger partial charge in [0.2, 0.25) is 0 Å². The number of ether oxygens (including phenoxy) is 1. The second kappa shape index (κ2) is 11.9. The first-order valence-electron chi connectivity index (χ1n) is 12.2. The molecule has 2 atom stereocenters. The quantitative estimate of drug-likeness (QED) is 0.392. The number of rotatable bonds is 9. The fourth-order valence-corrected chi connectivity index (χ4v) is 4.95. The van der Waals surface area contributed by atoms with Crippen molar-refractivity contribution in [3.05, 3.63) is 88.2 Å². The highest BCUT2D eigenvalue weighted by atomic mass is 35.5. The van der Waals surface area contributed by atoms with E-state index in [1.807, 2.05) is 36.4 Å². The Bertz CT molecular complexity index is 1230. The van der Waals surface area contributed by atoms with Gasteiger partial charge < -0.3 is 25.0 Å². The maximum atomic E-state index is 11.3. The summed E-state index contributed by atoms with van der Waals surface area (Å²) >= 11 is 6.68. The average molecular weight is 523 g/mol. The summed E-state index contributed by atoms with van der Waals surface area (Å²) in [7, 11) is 0. The van der Waals surface area contributed by atoms with Crippen LogP contribution in [-0.2, 0) is 12.2 Å². The Morgan fingerprint density at radius 3 is 2.54 bits per heavy atom. The zero-order chi connectivity index (χ0) is 26.4. The molecule has 0 bridgehead atoms. The van der Waals surface area contributed by atoms with Gasteiger partial charge >= 0.3 is 0 Å². The molecule has 0 spiro atoms. The third-order valence-electron chi connectivity index (χ3n) is 6.62. The number of hydrogen-bond donors (Lipinski definition) is 3. The van der Waals surface area contributed by atoms with E-state index in [0.717, 1.165) is 11.3 Å². The molecule has 37 heavy (non-hydrogen) atoms. The highest BCUT2D eigenvalue weighted by molar-refractivity contribution is 6.33. The molecular weight excluding hydrogens is 492 g/mol. The summed E-state index contributed by atoms with van der Waals surface area (Å²) in [6, 6.07) is 18.7. The molecular formula is C28H31ClN4O4. The number of nitriles is 1. The van der Waals surface area contributed by atoms with Crippen molar-refractivity contribution in [3.8, 4) is 11.8 Å². The summed E-state index contributed by atoms with van der Waals surface area (Å²) < 4.78 is 5.51. The number of pyridine rings is 1. The first-order valence-corrected chi connectivity index (χ1v) is 12.5. The Morgan fingerprint density at radius 1 is 1.14 bits per heavy atom. The largest absolute Gasteiger partial charge is 0.491 e. The van der Waals surface area contributed by atoms with Crippen LogP contribution in [0.3, 0.4) is 0 Å². The molecule has 0 radical (unpaired) electrons. The second-order valence-electron chi connectivity index (χ2n) is 9.33. The van der Waals surface area contributed by atoms with Gasteiger partial charge in [0, 0.05) is 44.0 Å². The van der Waals surface area contributed by atoms with Crippen LogP contribution < -0.4 is 9.64 Å². The van der Waals surface area contributed by atoms with E-state index in [1.54, 1.807) is 31.3 Å². The SMILES string of the molecule is C[C@@](O)(CN1CCN(c2ccc(OCCO)cc2Cl)[C@H](c2ccc(C#N)cc2)C1)c1ccc(CO)nc1. The molecule has 9 heteroatoms. The van der Waals surface area contributed by atoms with Crippen LogP contribution in [0.1, 0.15) is 35.3 Å². The van der Waals surface area contributed by atoms with E-state index in [9.17, 15) is 15.5 Å². The van der Waals surface area contributed by atoms with Crippen LogP contribution in [0.15, 0.2) is 60.8 Å². The van der Waals surface area contributed by atoms with Gasteiger partial charge in [-0.2, -0.15) is 5.26 Å². The lowest BCUT2D eigenvalue weighted by Gasteiger charge is -2.45. The molecule has 0 aliphatic carbocycles. The smallest absolute Gasteiger partial charge is 0.121 e. The van der Waals surface area contributed by atoms with Crippen molar-refractivity contribution in [2.24, 2.45) is 0 Å². The molecule has 1 saturated heterocycles. The lowest BCUT2D eigenvalue weighted by atomic mass is 9.94. The molecule has 2 heterocycles. The van der Waals surface area contributed by atoms with Crippen LogP contribution in [0.5, 0.6) is 5.75 Å². The normalized spacial score (nSPS) is 17.7. The molecule has 1 aliphatic rings. The summed E-state index contributed by atoms with van der Waals surface area (Å²) in [5.41, 5.74) is 2.59. The fraction of sp³-hybridized carbons (Fsp3) is 0.357. The predicted octanol–water partition coefficient (Wildman–Crippen LogP) is 3.24. The monoisotopic (exact) mass is 522 g/mol. The van der Waals surface area contributed by atoms with Gasteiger partial charge in [0.1, 0.15) is 18.0 Å². The minimum atomic E-state index is -1.14. The van der Waals surface area contributed by atoms with Crippen molar-refractivity contribution < 1.29 is 20.1 Å². The number of piperazine rings is 1. The van der Waals surface area contributed by atoms with Crippen molar-refractivity contribution in [2.45, 2.75) is 25.2 Å². The van der Waals surface area contributed by atoms with Crippen molar-refractivity contribution in [2.75, 3.05) is 44.3 Å². The van der Waals surface area contributed by atoms with E-state index in [2.05, 4.69) is 20.9 Å². The summed E-state index contributed by atoms with van der Waals surface area (Å²) in [6.07, 6.45) is 1.61. The standard InChI is InChI=1S/C28H31ClN4O4/c1-28(36,22-6-7-23(18-35)31-16-22)19-32-10-11-33(26-9-8-24(14-25(26)29)37-13-12-34)27(17-32)21-4-2-20(15-30)3-5-21/h2-9,14,16,27,34-36H,10-13,17-19H2,1H3/t27-,28+/m0/s1. The predicted molar refractivity (Wildman–Crippen MR) is 141 cm³/mol. The Kier molecular flexibility index (Phi) is 8.64. The molecule has 4 rings (SSSR count). The van der Waals surface area contributed by atoms with Crippen molar-refractivity contribution in [1.29, 1.82) is 5.26 Å². The number of nitrogens with zero attached hydrogens (tertiary/aromatic N) is 4. The van der Waals surface area contributed by atoms with Crippen LogP contribution in [-0.4, -0.2) is 64.6 Å². The summed E-state index contributed by atoms with van der Waals surface area (Å²) in [5.74, 6) is 0.591. The van der Waals surface area contributed by atoms with E-state index >= 15 is 0 Å². The minimum absolute atomic E-state index is 0.0751. The maximum absolute atomic E-state index is 11.3. The number of hydrogen-bond acceptors (Lipinski definition) is 8. The molecule has 2 aromatic carbocycles. The van der Waals surface area contributed by atoms with Crippen LogP contribution in [0.2, 0.25) is 5.02 Å². The van der Waals surface area contributed by atoms with Gasteiger partial charge in [0.15, 0.2) is 0 Å². The van der Waals surface area contributed by atoms with Crippen molar-refractivity contribution in [3.63, 3.8) is 0 Å². The van der Waals surface area contributed by atoms with E-state index in [1.165, 1.54) is 0 Å². The molecule has 0 unspecified atom stereocenters. The average Bonchev–Trinajstić information content (AvgIpc) is 2.92. The van der Waals surface area contributed by atoms with Crippen molar-refractivity contribution in [1.82, 2.24) is 9.88 Å². The zero-order valence-corrected chi connectivity index (χ0v) is 21.5.